The summed E-state index contributed by atoms with van der Waals surface area (Å²) in [6.45, 7) is 3.07. The van der Waals surface area contributed by atoms with E-state index in [0.29, 0.717) is 17.8 Å². The topological polar surface area (TPSA) is 63.3 Å². The van der Waals surface area contributed by atoms with Gasteiger partial charge >= 0.3 is 0 Å². The van der Waals surface area contributed by atoms with Crippen molar-refractivity contribution in [3.63, 3.8) is 0 Å². The molecule has 118 valence electrons. The lowest BCUT2D eigenvalue weighted by Gasteiger charge is -2.20. The molecule has 1 saturated carbocycles. The monoisotopic (exact) mass is 306 g/mol. The highest BCUT2D eigenvalue weighted by atomic mass is 15.0. The first-order valence-corrected chi connectivity index (χ1v) is 8.37. The SMILES string of the molecule is C[C@H]1CCC[C@H]1Nc1cc(N)nc2cc(C3=CC=NC3)ccc12. The number of rotatable bonds is 3. The summed E-state index contributed by atoms with van der Waals surface area (Å²) in [4.78, 5) is 8.79. The number of pyridine rings is 1. The van der Waals surface area contributed by atoms with Crippen molar-refractivity contribution in [1.82, 2.24) is 4.98 Å². The van der Waals surface area contributed by atoms with Gasteiger partial charge in [0.25, 0.3) is 0 Å². The van der Waals surface area contributed by atoms with Gasteiger partial charge in [-0.1, -0.05) is 25.5 Å². The number of hydrogen-bond acceptors (Lipinski definition) is 4. The van der Waals surface area contributed by atoms with Gasteiger partial charge in [0.05, 0.1) is 12.1 Å². The van der Waals surface area contributed by atoms with Crippen LogP contribution in [0.25, 0.3) is 16.5 Å². The molecule has 1 aliphatic heterocycles. The minimum Gasteiger partial charge on any atom is -0.384 e. The van der Waals surface area contributed by atoms with E-state index < -0.39 is 0 Å². The number of anilines is 2. The highest BCUT2D eigenvalue weighted by Crippen LogP contribution is 2.32. The van der Waals surface area contributed by atoms with E-state index in [1.54, 1.807) is 0 Å². The van der Waals surface area contributed by atoms with Crippen LogP contribution in [0.4, 0.5) is 11.5 Å². The third kappa shape index (κ3) is 2.69. The van der Waals surface area contributed by atoms with Crippen LogP contribution in [0.15, 0.2) is 35.3 Å². The minimum absolute atomic E-state index is 0.533. The molecule has 4 nitrogen and oxygen atoms in total. The van der Waals surface area contributed by atoms with Crippen LogP contribution < -0.4 is 11.1 Å². The van der Waals surface area contributed by atoms with Crippen molar-refractivity contribution >= 4 is 34.2 Å². The fourth-order valence-corrected chi connectivity index (χ4v) is 3.66. The fraction of sp³-hybridized carbons (Fsp3) is 0.368. The van der Waals surface area contributed by atoms with Gasteiger partial charge in [0.15, 0.2) is 0 Å². The molecule has 1 aliphatic carbocycles. The van der Waals surface area contributed by atoms with Gasteiger partial charge in [-0.05, 0) is 42.0 Å². The second-order valence-electron chi connectivity index (χ2n) is 6.67. The Morgan fingerprint density at radius 3 is 2.87 bits per heavy atom. The molecule has 2 heterocycles. The lowest BCUT2D eigenvalue weighted by molar-refractivity contribution is 0.557. The molecule has 23 heavy (non-hydrogen) atoms. The first-order valence-electron chi connectivity index (χ1n) is 8.37. The van der Waals surface area contributed by atoms with Crippen molar-refractivity contribution < 1.29 is 0 Å². The van der Waals surface area contributed by atoms with E-state index in [-0.39, 0.29) is 0 Å². The smallest absolute Gasteiger partial charge is 0.126 e. The lowest BCUT2D eigenvalue weighted by atomic mass is 10.0. The number of aromatic nitrogens is 1. The summed E-state index contributed by atoms with van der Waals surface area (Å²) >= 11 is 0. The largest absolute Gasteiger partial charge is 0.384 e. The Morgan fingerprint density at radius 2 is 2.13 bits per heavy atom. The van der Waals surface area contributed by atoms with Crippen LogP contribution in [0.5, 0.6) is 0 Å². The van der Waals surface area contributed by atoms with Gasteiger partial charge in [0, 0.05) is 29.4 Å². The van der Waals surface area contributed by atoms with Gasteiger partial charge < -0.3 is 11.1 Å². The summed E-state index contributed by atoms with van der Waals surface area (Å²) in [5.41, 5.74) is 10.5. The molecule has 0 radical (unpaired) electrons. The maximum absolute atomic E-state index is 6.05. The van der Waals surface area contributed by atoms with Crippen LogP contribution in [0.1, 0.15) is 31.7 Å². The van der Waals surface area contributed by atoms with E-state index in [2.05, 4.69) is 46.5 Å². The fourth-order valence-electron chi connectivity index (χ4n) is 3.66. The Kier molecular flexibility index (Phi) is 3.52. The van der Waals surface area contributed by atoms with Gasteiger partial charge in [-0.2, -0.15) is 0 Å². The third-order valence-electron chi connectivity index (χ3n) is 5.05. The average Bonchev–Trinajstić information content (AvgIpc) is 3.19. The zero-order valence-electron chi connectivity index (χ0n) is 13.4. The Morgan fingerprint density at radius 1 is 1.22 bits per heavy atom. The molecule has 1 aromatic carbocycles. The molecule has 2 aromatic rings. The number of nitrogens with one attached hydrogen (secondary N) is 1. The van der Waals surface area contributed by atoms with Crippen molar-refractivity contribution in [1.29, 1.82) is 0 Å². The zero-order valence-corrected chi connectivity index (χ0v) is 13.4. The molecule has 1 fully saturated rings. The number of nitrogens with zero attached hydrogens (tertiary/aromatic N) is 2. The Labute approximate surface area is 136 Å². The van der Waals surface area contributed by atoms with E-state index in [0.717, 1.165) is 23.1 Å². The molecule has 0 spiro atoms. The molecule has 0 amide bonds. The van der Waals surface area contributed by atoms with E-state index >= 15 is 0 Å². The minimum atomic E-state index is 0.533. The third-order valence-corrected chi connectivity index (χ3v) is 5.05. The van der Waals surface area contributed by atoms with Crippen LogP contribution in [-0.4, -0.2) is 23.8 Å². The number of fused-ring (bicyclic) bond motifs is 1. The molecule has 4 heteroatoms. The lowest BCUT2D eigenvalue weighted by Crippen LogP contribution is -2.22. The van der Waals surface area contributed by atoms with Gasteiger partial charge in [-0.3, -0.25) is 4.99 Å². The summed E-state index contributed by atoms with van der Waals surface area (Å²) in [5, 5.41) is 4.84. The molecule has 0 bridgehead atoms. The van der Waals surface area contributed by atoms with Crippen molar-refractivity contribution in [3.05, 3.63) is 35.9 Å². The van der Waals surface area contributed by atoms with Crippen molar-refractivity contribution in [2.45, 2.75) is 32.2 Å². The van der Waals surface area contributed by atoms with Crippen molar-refractivity contribution in [3.8, 4) is 0 Å². The van der Waals surface area contributed by atoms with Gasteiger partial charge in [-0.15, -0.1) is 0 Å². The molecule has 2 atom stereocenters. The zero-order chi connectivity index (χ0) is 15.8. The van der Waals surface area contributed by atoms with Crippen LogP contribution in [0.3, 0.4) is 0 Å². The number of aliphatic imine (C=N–C) groups is 1. The summed E-state index contributed by atoms with van der Waals surface area (Å²) < 4.78 is 0. The molecule has 3 N–H and O–H groups in total. The van der Waals surface area contributed by atoms with Gasteiger partial charge in [0.2, 0.25) is 0 Å². The molecule has 4 rings (SSSR count). The van der Waals surface area contributed by atoms with E-state index in [1.807, 2.05) is 12.3 Å². The number of hydrogen-bond donors (Lipinski definition) is 2. The van der Waals surface area contributed by atoms with Crippen LogP contribution in [0.2, 0.25) is 0 Å². The average molecular weight is 306 g/mol. The maximum Gasteiger partial charge on any atom is 0.126 e. The van der Waals surface area contributed by atoms with Crippen LogP contribution in [-0.2, 0) is 0 Å². The Bertz CT molecular complexity index is 806. The maximum atomic E-state index is 6.05. The second-order valence-corrected chi connectivity index (χ2v) is 6.67. The van der Waals surface area contributed by atoms with Crippen LogP contribution >= 0.6 is 0 Å². The highest BCUT2D eigenvalue weighted by Gasteiger charge is 2.23. The van der Waals surface area contributed by atoms with Gasteiger partial charge in [0.1, 0.15) is 5.82 Å². The van der Waals surface area contributed by atoms with Crippen LogP contribution in [0, 0.1) is 5.92 Å². The predicted molar refractivity (Wildman–Crippen MR) is 97.9 cm³/mol. The second kappa shape index (κ2) is 5.69. The molecule has 2 aliphatic rings. The summed E-state index contributed by atoms with van der Waals surface area (Å²) in [6, 6.07) is 8.92. The number of allylic oxidation sites excluding steroid dienone is 1. The van der Waals surface area contributed by atoms with Gasteiger partial charge in [-0.25, -0.2) is 4.98 Å². The Hall–Kier alpha value is -2.36. The number of nitrogen functional groups attached to an aromatic ring is 1. The quantitative estimate of drug-likeness (QED) is 0.904. The van der Waals surface area contributed by atoms with Crippen molar-refractivity contribution in [2.24, 2.45) is 10.9 Å². The predicted octanol–water partition coefficient (Wildman–Crippen LogP) is 3.89. The summed E-state index contributed by atoms with van der Waals surface area (Å²) in [7, 11) is 0. The molecule has 0 saturated heterocycles. The first kappa shape index (κ1) is 14.2. The highest BCUT2D eigenvalue weighted by molar-refractivity contribution is 5.97. The summed E-state index contributed by atoms with van der Waals surface area (Å²) in [5.74, 6) is 1.28. The van der Waals surface area contributed by atoms with Crippen molar-refractivity contribution in [2.75, 3.05) is 17.6 Å². The molecule has 1 aromatic heterocycles. The standard InChI is InChI=1S/C19H22N4/c1-12-3-2-4-16(12)22-18-10-19(20)23-17-9-13(5-6-15(17)18)14-7-8-21-11-14/h5-10,12,16H,2-4,11H2,1H3,(H3,20,22,23)/t12-,16+/m0/s1. The summed E-state index contributed by atoms with van der Waals surface area (Å²) in [6.07, 6.45) is 7.75. The normalized spacial score (nSPS) is 23.4. The van der Waals surface area contributed by atoms with E-state index in [9.17, 15) is 0 Å². The molecular formula is C19H22N4. The number of benzene rings is 1. The first-order chi connectivity index (χ1) is 11.2. The van der Waals surface area contributed by atoms with E-state index in [1.165, 1.54) is 30.4 Å². The Balaban J connectivity index is 1.73. The van der Waals surface area contributed by atoms with E-state index in [4.69, 9.17) is 5.73 Å². The number of nitrogens with two attached hydrogens (primary N) is 1. The molecule has 0 unspecified atom stereocenters. The molecular weight excluding hydrogens is 284 g/mol.